The van der Waals surface area contributed by atoms with E-state index in [9.17, 15) is 18.0 Å². The Balaban J connectivity index is 1.82. The minimum Gasteiger partial charge on any atom is -0.361 e. The lowest BCUT2D eigenvalue weighted by Crippen LogP contribution is -2.39. The molecule has 10 heteroatoms. The molecule has 0 aromatic carbocycles. The van der Waals surface area contributed by atoms with E-state index in [0.717, 1.165) is 23.4 Å². The predicted octanol–water partition coefficient (Wildman–Crippen LogP) is 5.02. The van der Waals surface area contributed by atoms with E-state index in [1.54, 1.807) is 24.8 Å². The molecular weight excluding hydrogens is 423 g/mol. The summed E-state index contributed by atoms with van der Waals surface area (Å²) >= 11 is 0. The largest absolute Gasteiger partial charge is 0.433 e. The van der Waals surface area contributed by atoms with Gasteiger partial charge in [-0.3, -0.25) is 4.79 Å². The van der Waals surface area contributed by atoms with Crippen molar-refractivity contribution in [2.24, 2.45) is 0 Å². The van der Waals surface area contributed by atoms with Crippen LogP contribution in [0.15, 0.2) is 16.7 Å². The van der Waals surface area contributed by atoms with Gasteiger partial charge < -0.3 is 9.42 Å². The molecule has 4 rings (SSSR count). The monoisotopic (exact) mass is 449 g/mol. The van der Waals surface area contributed by atoms with Crippen LogP contribution in [0.4, 0.5) is 13.2 Å². The number of carbonyl (C=O) groups excluding carboxylic acids is 1. The van der Waals surface area contributed by atoms with Gasteiger partial charge >= 0.3 is 6.18 Å². The van der Waals surface area contributed by atoms with Crippen molar-refractivity contribution in [2.45, 2.75) is 71.5 Å². The summed E-state index contributed by atoms with van der Waals surface area (Å²) < 4.78 is 47.5. The number of amides is 1. The second-order valence-electron chi connectivity index (χ2n) is 9.32. The van der Waals surface area contributed by atoms with Gasteiger partial charge in [0.1, 0.15) is 17.0 Å². The Labute approximate surface area is 183 Å². The van der Waals surface area contributed by atoms with Gasteiger partial charge in [0, 0.05) is 18.0 Å². The Morgan fingerprint density at radius 1 is 1.16 bits per heavy atom. The van der Waals surface area contributed by atoms with Gasteiger partial charge in [0.25, 0.3) is 5.91 Å². The van der Waals surface area contributed by atoms with Crippen LogP contribution < -0.4 is 0 Å². The zero-order valence-corrected chi connectivity index (χ0v) is 18.7. The number of hydrogen-bond acceptors (Lipinski definition) is 5. The Morgan fingerprint density at radius 2 is 1.88 bits per heavy atom. The van der Waals surface area contributed by atoms with E-state index in [1.807, 2.05) is 20.8 Å². The van der Waals surface area contributed by atoms with Crippen LogP contribution in [0, 0.1) is 13.8 Å². The number of likely N-dealkylation sites (tertiary alicyclic amines) is 1. The maximum Gasteiger partial charge on any atom is 0.433 e. The van der Waals surface area contributed by atoms with Crippen LogP contribution in [0.3, 0.4) is 0 Å². The summed E-state index contributed by atoms with van der Waals surface area (Å²) in [6.45, 7) is 9.29. The number of carbonyl (C=O) groups is 1. The van der Waals surface area contributed by atoms with E-state index >= 15 is 0 Å². The molecule has 3 aromatic rings. The van der Waals surface area contributed by atoms with E-state index in [0.29, 0.717) is 41.4 Å². The molecule has 0 spiro atoms. The van der Waals surface area contributed by atoms with Crippen molar-refractivity contribution in [3.8, 4) is 0 Å². The fourth-order valence-electron chi connectivity index (χ4n) is 4.16. The molecule has 0 unspecified atom stereocenters. The average Bonchev–Trinajstić information content (AvgIpc) is 3.28. The zero-order chi connectivity index (χ0) is 23.4. The Morgan fingerprint density at radius 3 is 2.47 bits per heavy atom. The lowest BCUT2D eigenvalue weighted by atomic mass is 9.91. The average molecular weight is 449 g/mol. The SMILES string of the molecule is Cc1noc(C)c1C(=O)N1CCCC[C@@H]1c1cc2nc(C(C)(C)C)cc(C(F)(F)F)n2n1. The fraction of sp³-hybridized carbons (Fsp3) is 0.545. The molecule has 172 valence electrons. The van der Waals surface area contributed by atoms with Crippen molar-refractivity contribution in [3.63, 3.8) is 0 Å². The first-order valence-electron chi connectivity index (χ1n) is 10.6. The lowest BCUT2D eigenvalue weighted by molar-refractivity contribution is -0.142. The Bertz CT molecular complexity index is 1150. The van der Waals surface area contributed by atoms with Gasteiger partial charge in [-0.15, -0.1) is 0 Å². The van der Waals surface area contributed by atoms with Crippen molar-refractivity contribution < 1.29 is 22.5 Å². The first-order valence-corrected chi connectivity index (χ1v) is 10.6. The molecule has 3 aromatic heterocycles. The number of alkyl halides is 3. The third-order valence-corrected chi connectivity index (χ3v) is 5.86. The summed E-state index contributed by atoms with van der Waals surface area (Å²) in [5.41, 5.74) is 0.285. The molecule has 0 N–H and O–H groups in total. The van der Waals surface area contributed by atoms with Gasteiger partial charge in [-0.2, -0.15) is 18.3 Å². The Hall–Kier alpha value is -2.91. The van der Waals surface area contributed by atoms with Crippen molar-refractivity contribution >= 4 is 11.6 Å². The van der Waals surface area contributed by atoms with Gasteiger partial charge in [0.05, 0.1) is 23.1 Å². The highest BCUT2D eigenvalue weighted by atomic mass is 19.4. The standard InChI is InChI=1S/C22H26F3N5O2/c1-12-19(13(2)32-28-12)20(31)29-9-7-6-8-15(29)14-10-18-26-16(21(3,4)5)11-17(22(23,24)25)30(18)27-14/h10-11,15H,6-9H2,1-5H3/t15-/m1/s1. The van der Waals surface area contributed by atoms with Gasteiger partial charge in [-0.05, 0) is 39.2 Å². The number of fused-ring (bicyclic) bond motifs is 1. The summed E-state index contributed by atoms with van der Waals surface area (Å²) in [6, 6.07) is 2.16. The summed E-state index contributed by atoms with van der Waals surface area (Å²) in [7, 11) is 0. The third kappa shape index (κ3) is 3.86. The number of aromatic nitrogens is 4. The summed E-state index contributed by atoms with van der Waals surface area (Å²) in [4.78, 5) is 19.4. The second-order valence-corrected chi connectivity index (χ2v) is 9.32. The highest BCUT2D eigenvalue weighted by molar-refractivity contribution is 5.96. The van der Waals surface area contributed by atoms with Crippen molar-refractivity contribution in [1.82, 2.24) is 24.7 Å². The Kier molecular flexibility index (Phi) is 5.29. The normalized spacial score (nSPS) is 17.9. The van der Waals surface area contributed by atoms with Crippen LogP contribution in [0.1, 0.15) is 85.0 Å². The first-order chi connectivity index (χ1) is 14.9. The summed E-state index contributed by atoms with van der Waals surface area (Å²) in [5, 5.41) is 8.14. The molecule has 0 aliphatic carbocycles. The van der Waals surface area contributed by atoms with Gasteiger partial charge in [0.2, 0.25) is 0 Å². The van der Waals surface area contributed by atoms with E-state index in [1.165, 1.54) is 0 Å². The number of halogens is 3. The molecule has 1 aliphatic heterocycles. The molecule has 32 heavy (non-hydrogen) atoms. The van der Waals surface area contributed by atoms with Gasteiger partial charge in [0.15, 0.2) is 5.65 Å². The predicted molar refractivity (Wildman–Crippen MR) is 110 cm³/mol. The molecule has 1 fully saturated rings. The molecule has 4 heterocycles. The highest BCUT2D eigenvalue weighted by Gasteiger charge is 2.38. The van der Waals surface area contributed by atoms with Crippen molar-refractivity contribution in [1.29, 1.82) is 0 Å². The first kappa shape index (κ1) is 22.3. The van der Waals surface area contributed by atoms with E-state index in [4.69, 9.17) is 4.52 Å². The van der Waals surface area contributed by atoms with Crippen LogP contribution >= 0.6 is 0 Å². The number of aryl methyl sites for hydroxylation is 2. The number of hydrogen-bond donors (Lipinski definition) is 0. The minimum absolute atomic E-state index is 0.120. The molecule has 0 saturated carbocycles. The molecule has 0 bridgehead atoms. The van der Waals surface area contributed by atoms with Gasteiger partial charge in [-0.1, -0.05) is 25.9 Å². The quantitative estimate of drug-likeness (QED) is 0.549. The number of rotatable bonds is 2. The molecule has 0 radical (unpaired) electrons. The van der Waals surface area contributed by atoms with E-state index in [-0.39, 0.29) is 11.6 Å². The topological polar surface area (TPSA) is 76.5 Å². The lowest BCUT2D eigenvalue weighted by Gasteiger charge is -2.34. The molecule has 7 nitrogen and oxygen atoms in total. The minimum atomic E-state index is -4.59. The summed E-state index contributed by atoms with van der Waals surface area (Å²) in [5.74, 6) is 0.171. The zero-order valence-electron chi connectivity index (χ0n) is 18.7. The van der Waals surface area contributed by atoms with Crippen LogP contribution in [0.2, 0.25) is 0 Å². The van der Waals surface area contributed by atoms with Crippen molar-refractivity contribution in [2.75, 3.05) is 6.54 Å². The maximum atomic E-state index is 13.8. The van der Waals surface area contributed by atoms with Crippen LogP contribution in [0.25, 0.3) is 5.65 Å². The van der Waals surface area contributed by atoms with Gasteiger partial charge in [-0.25, -0.2) is 9.50 Å². The maximum absolute atomic E-state index is 13.8. The number of nitrogens with zero attached hydrogens (tertiary/aromatic N) is 5. The second kappa shape index (κ2) is 7.60. The van der Waals surface area contributed by atoms with Crippen molar-refractivity contribution in [3.05, 3.63) is 46.2 Å². The molecular formula is C22H26F3N5O2. The smallest absolute Gasteiger partial charge is 0.361 e. The molecule has 1 saturated heterocycles. The van der Waals surface area contributed by atoms with E-state index < -0.39 is 23.3 Å². The molecule has 1 atom stereocenters. The van der Waals surface area contributed by atoms with E-state index in [2.05, 4.69) is 15.2 Å². The third-order valence-electron chi connectivity index (χ3n) is 5.86. The number of piperidine rings is 1. The van der Waals surface area contributed by atoms with Crippen LogP contribution in [0.5, 0.6) is 0 Å². The summed E-state index contributed by atoms with van der Waals surface area (Å²) in [6.07, 6.45) is -2.34. The van der Waals surface area contributed by atoms with Crippen LogP contribution in [-0.2, 0) is 11.6 Å². The fourth-order valence-corrected chi connectivity index (χ4v) is 4.16. The highest BCUT2D eigenvalue weighted by Crippen LogP contribution is 2.36. The molecule has 1 aliphatic rings. The molecule has 1 amide bonds. The van der Waals surface area contributed by atoms with Crippen LogP contribution in [-0.4, -0.2) is 37.1 Å².